The molecule has 2 atom stereocenters. The van der Waals surface area contributed by atoms with E-state index >= 15 is 0 Å². The van der Waals surface area contributed by atoms with Crippen LogP contribution in [0.3, 0.4) is 0 Å². The Kier molecular flexibility index (Phi) is 3.61. The molecule has 2 aliphatic heterocycles. The monoisotopic (exact) mass is 250 g/mol. The third-order valence-corrected chi connectivity index (χ3v) is 4.09. The second-order valence-electron chi connectivity index (χ2n) is 5.58. The number of nitrogens with zero attached hydrogens (tertiary/aromatic N) is 3. The summed E-state index contributed by atoms with van der Waals surface area (Å²) in [5.74, 6) is 3.31. The van der Waals surface area contributed by atoms with E-state index < -0.39 is 0 Å². The van der Waals surface area contributed by atoms with E-state index in [0.29, 0.717) is 0 Å². The van der Waals surface area contributed by atoms with Crippen molar-refractivity contribution in [1.82, 2.24) is 20.4 Å². The lowest BCUT2D eigenvalue weighted by molar-refractivity contribution is 0.253. The second kappa shape index (κ2) is 5.36. The highest BCUT2D eigenvalue weighted by Crippen LogP contribution is 2.27. The normalized spacial score (nSPS) is 27.8. The molecule has 18 heavy (non-hydrogen) atoms. The van der Waals surface area contributed by atoms with Crippen LogP contribution in [0.5, 0.6) is 0 Å². The van der Waals surface area contributed by atoms with E-state index in [4.69, 9.17) is 4.52 Å². The number of unbranched alkanes of at least 4 members (excludes halogenated alkanes) is 1. The van der Waals surface area contributed by atoms with E-state index in [1.54, 1.807) is 0 Å². The molecule has 0 radical (unpaired) electrons. The summed E-state index contributed by atoms with van der Waals surface area (Å²) in [5.41, 5.74) is 0. The van der Waals surface area contributed by atoms with Crippen molar-refractivity contribution in [3.8, 4) is 0 Å². The standard InChI is InChI=1S/C13H22N4O/c1-2-3-4-12-15-13(18-16-12)9-17-7-10-5-14-6-11(10)8-17/h10-11,14H,2-9H2,1H3. The third-order valence-electron chi connectivity index (χ3n) is 4.09. The molecule has 2 saturated heterocycles. The van der Waals surface area contributed by atoms with Crippen molar-refractivity contribution in [2.45, 2.75) is 32.7 Å². The molecular weight excluding hydrogens is 228 g/mol. The van der Waals surface area contributed by atoms with E-state index in [1.165, 1.54) is 32.6 Å². The quantitative estimate of drug-likeness (QED) is 0.847. The van der Waals surface area contributed by atoms with Crippen LogP contribution in [-0.2, 0) is 13.0 Å². The van der Waals surface area contributed by atoms with Gasteiger partial charge in [0.15, 0.2) is 5.82 Å². The van der Waals surface area contributed by atoms with Crippen LogP contribution in [0.4, 0.5) is 0 Å². The largest absolute Gasteiger partial charge is 0.338 e. The third kappa shape index (κ3) is 2.57. The molecule has 0 spiro atoms. The topological polar surface area (TPSA) is 54.2 Å². The second-order valence-corrected chi connectivity index (χ2v) is 5.58. The van der Waals surface area contributed by atoms with E-state index in [2.05, 4.69) is 27.3 Å². The van der Waals surface area contributed by atoms with Crippen molar-refractivity contribution in [1.29, 1.82) is 0 Å². The Morgan fingerprint density at radius 3 is 2.83 bits per heavy atom. The zero-order chi connectivity index (χ0) is 12.4. The summed E-state index contributed by atoms with van der Waals surface area (Å²) in [7, 11) is 0. The summed E-state index contributed by atoms with van der Waals surface area (Å²) in [5, 5.41) is 7.50. The zero-order valence-corrected chi connectivity index (χ0v) is 11.1. The molecule has 1 N–H and O–H groups in total. The number of hydrogen-bond donors (Lipinski definition) is 1. The van der Waals surface area contributed by atoms with Crippen LogP contribution >= 0.6 is 0 Å². The lowest BCUT2D eigenvalue weighted by Gasteiger charge is -2.13. The molecule has 0 aliphatic carbocycles. The van der Waals surface area contributed by atoms with Gasteiger partial charge in [-0.1, -0.05) is 18.5 Å². The summed E-state index contributed by atoms with van der Waals surface area (Å²) in [6.45, 7) is 7.69. The van der Waals surface area contributed by atoms with E-state index in [0.717, 1.165) is 42.9 Å². The van der Waals surface area contributed by atoms with E-state index in [1.807, 2.05) is 0 Å². The number of aromatic nitrogens is 2. The molecule has 3 heterocycles. The van der Waals surface area contributed by atoms with Gasteiger partial charge in [-0.25, -0.2) is 0 Å². The molecule has 0 saturated carbocycles. The van der Waals surface area contributed by atoms with Crippen molar-refractivity contribution in [3.63, 3.8) is 0 Å². The average molecular weight is 250 g/mol. The first-order valence-corrected chi connectivity index (χ1v) is 7.09. The molecule has 100 valence electrons. The van der Waals surface area contributed by atoms with Crippen molar-refractivity contribution in [2.24, 2.45) is 11.8 Å². The SMILES string of the molecule is CCCCc1noc(CN2CC3CNCC3C2)n1. The van der Waals surface area contributed by atoms with Crippen molar-refractivity contribution in [3.05, 3.63) is 11.7 Å². The number of likely N-dealkylation sites (tertiary alicyclic amines) is 1. The molecule has 5 nitrogen and oxygen atoms in total. The number of hydrogen-bond acceptors (Lipinski definition) is 5. The summed E-state index contributed by atoms with van der Waals surface area (Å²) >= 11 is 0. The molecule has 2 fully saturated rings. The fourth-order valence-corrected chi connectivity index (χ4v) is 3.06. The minimum absolute atomic E-state index is 0.786. The minimum Gasteiger partial charge on any atom is -0.338 e. The maximum absolute atomic E-state index is 5.33. The highest BCUT2D eigenvalue weighted by Gasteiger charge is 2.36. The minimum atomic E-state index is 0.786. The van der Waals surface area contributed by atoms with Crippen LogP contribution in [0.2, 0.25) is 0 Å². The predicted molar refractivity (Wildman–Crippen MR) is 68.0 cm³/mol. The van der Waals surface area contributed by atoms with Gasteiger partial charge in [0, 0.05) is 19.5 Å². The molecule has 2 aliphatic rings. The van der Waals surface area contributed by atoms with Crippen LogP contribution in [-0.4, -0.2) is 41.2 Å². The molecule has 2 unspecified atom stereocenters. The molecule has 3 rings (SSSR count). The van der Waals surface area contributed by atoms with Crippen LogP contribution in [0.15, 0.2) is 4.52 Å². The van der Waals surface area contributed by atoms with Gasteiger partial charge in [0.05, 0.1) is 6.54 Å². The Labute approximate surface area is 108 Å². The molecule has 5 heteroatoms. The van der Waals surface area contributed by atoms with E-state index in [-0.39, 0.29) is 0 Å². The Morgan fingerprint density at radius 2 is 2.11 bits per heavy atom. The zero-order valence-electron chi connectivity index (χ0n) is 11.1. The van der Waals surface area contributed by atoms with Gasteiger partial charge in [-0.05, 0) is 31.3 Å². The van der Waals surface area contributed by atoms with Gasteiger partial charge in [0.2, 0.25) is 5.89 Å². The molecule has 1 aromatic heterocycles. The predicted octanol–water partition coefficient (Wildman–Crippen LogP) is 1.06. The van der Waals surface area contributed by atoms with Crippen LogP contribution in [0.1, 0.15) is 31.5 Å². The maximum Gasteiger partial charge on any atom is 0.240 e. The van der Waals surface area contributed by atoms with Gasteiger partial charge >= 0.3 is 0 Å². The molecule has 0 bridgehead atoms. The number of nitrogens with one attached hydrogen (secondary N) is 1. The summed E-state index contributed by atoms with van der Waals surface area (Å²) in [6, 6.07) is 0. The molecule has 1 aromatic rings. The smallest absolute Gasteiger partial charge is 0.240 e. The molecule has 0 amide bonds. The van der Waals surface area contributed by atoms with Crippen LogP contribution in [0, 0.1) is 11.8 Å². The Bertz CT molecular complexity index is 380. The maximum atomic E-state index is 5.33. The fraction of sp³-hybridized carbons (Fsp3) is 0.846. The van der Waals surface area contributed by atoms with Gasteiger partial charge < -0.3 is 9.84 Å². The van der Waals surface area contributed by atoms with Crippen LogP contribution in [0.25, 0.3) is 0 Å². The highest BCUT2D eigenvalue weighted by molar-refractivity contribution is 4.93. The first kappa shape index (κ1) is 12.1. The summed E-state index contributed by atoms with van der Waals surface area (Å²) in [6.07, 6.45) is 3.25. The van der Waals surface area contributed by atoms with Crippen molar-refractivity contribution < 1.29 is 4.52 Å². The van der Waals surface area contributed by atoms with Crippen molar-refractivity contribution in [2.75, 3.05) is 26.2 Å². The fourth-order valence-electron chi connectivity index (χ4n) is 3.06. The van der Waals surface area contributed by atoms with Gasteiger partial charge in [0.25, 0.3) is 0 Å². The first-order chi connectivity index (χ1) is 8.85. The van der Waals surface area contributed by atoms with Gasteiger partial charge in [0.1, 0.15) is 0 Å². The van der Waals surface area contributed by atoms with Gasteiger partial charge in [-0.2, -0.15) is 4.98 Å². The van der Waals surface area contributed by atoms with E-state index in [9.17, 15) is 0 Å². The summed E-state index contributed by atoms with van der Waals surface area (Å²) < 4.78 is 5.33. The van der Waals surface area contributed by atoms with Crippen LogP contribution < -0.4 is 5.32 Å². The highest BCUT2D eigenvalue weighted by atomic mass is 16.5. The molecule has 0 aromatic carbocycles. The number of fused-ring (bicyclic) bond motifs is 1. The average Bonchev–Trinajstić information content (AvgIpc) is 3.02. The van der Waals surface area contributed by atoms with Crippen molar-refractivity contribution >= 4 is 0 Å². The van der Waals surface area contributed by atoms with Gasteiger partial charge in [-0.15, -0.1) is 0 Å². The lowest BCUT2D eigenvalue weighted by Crippen LogP contribution is -2.25. The Hall–Kier alpha value is -0.940. The number of rotatable bonds is 5. The Morgan fingerprint density at radius 1 is 1.33 bits per heavy atom. The number of aryl methyl sites for hydroxylation is 1. The Balaban J connectivity index is 1.52. The summed E-state index contributed by atoms with van der Waals surface area (Å²) in [4.78, 5) is 6.92. The molecular formula is C13H22N4O. The van der Waals surface area contributed by atoms with Gasteiger partial charge in [-0.3, -0.25) is 4.90 Å². The lowest BCUT2D eigenvalue weighted by atomic mass is 10.0. The first-order valence-electron chi connectivity index (χ1n) is 7.09.